The van der Waals surface area contributed by atoms with Crippen molar-refractivity contribution in [1.29, 1.82) is 0 Å². The molecule has 3 nitrogen and oxygen atoms in total. The van der Waals surface area contributed by atoms with Gasteiger partial charge in [-0.05, 0) is 103 Å². The Morgan fingerprint density at radius 2 is 1.59 bits per heavy atom. The molecule has 0 fully saturated rings. The summed E-state index contributed by atoms with van der Waals surface area (Å²) in [6.07, 6.45) is 9.24. The predicted molar refractivity (Wildman–Crippen MR) is 199 cm³/mol. The lowest BCUT2D eigenvalue weighted by atomic mass is 9.34. The molecule has 0 radical (unpaired) electrons. The molecule has 0 saturated heterocycles. The normalized spacial score (nSPS) is 14.7. The number of aryl methyl sites for hydroxylation is 1. The van der Waals surface area contributed by atoms with Crippen LogP contribution in [0, 0.1) is 0 Å². The number of fused-ring (bicyclic) bond motifs is 7. The van der Waals surface area contributed by atoms with Crippen LogP contribution in [0.2, 0.25) is 0 Å². The van der Waals surface area contributed by atoms with E-state index in [0.717, 1.165) is 6.42 Å². The van der Waals surface area contributed by atoms with Crippen LogP contribution in [0.3, 0.4) is 0 Å². The Bertz CT molecular complexity index is 2200. The monoisotopic (exact) mass is 613 g/mol. The van der Waals surface area contributed by atoms with E-state index in [9.17, 15) is 0 Å². The van der Waals surface area contributed by atoms with E-state index in [2.05, 4.69) is 151 Å². The lowest BCUT2D eigenvalue weighted by Gasteiger charge is -2.41. The van der Waals surface area contributed by atoms with Crippen LogP contribution in [0.5, 0.6) is 0 Å². The van der Waals surface area contributed by atoms with Crippen molar-refractivity contribution in [1.82, 2.24) is 4.57 Å². The molecule has 224 valence electrons. The molecule has 0 N–H and O–H groups in total. The minimum absolute atomic E-state index is 0.143. The second kappa shape index (κ2) is 10.7. The summed E-state index contributed by atoms with van der Waals surface area (Å²) in [5.74, 6) is 0. The predicted octanol–water partition coefficient (Wildman–Crippen LogP) is 8.37. The van der Waals surface area contributed by atoms with Crippen molar-refractivity contribution in [2.75, 3.05) is 23.9 Å². The highest BCUT2D eigenvalue weighted by Gasteiger charge is 2.42. The van der Waals surface area contributed by atoms with Crippen LogP contribution in [0.4, 0.5) is 22.7 Å². The molecule has 3 aliphatic rings. The van der Waals surface area contributed by atoms with Crippen LogP contribution in [0.25, 0.3) is 22.7 Å². The Labute approximate surface area is 276 Å². The third kappa shape index (κ3) is 4.07. The number of hydrogen-bond donors (Lipinski definition) is 0. The van der Waals surface area contributed by atoms with Gasteiger partial charge in [0.1, 0.15) is 0 Å². The molecule has 5 heteroatoms. The quantitative estimate of drug-likeness (QED) is 0.185. The van der Waals surface area contributed by atoms with E-state index in [-0.39, 0.29) is 6.71 Å². The average Bonchev–Trinajstić information content (AvgIpc) is 3.42. The van der Waals surface area contributed by atoms with E-state index in [1.54, 1.807) is 5.56 Å². The zero-order valence-electron chi connectivity index (χ0n) is 26.6. The Morgan fingerprint density at radius 3 is 2.43 bits per heavy atom. The maximum Gasteiger partial charge on any atom is 0.249 e. The van der Waals surface area contributed by atoms with E-state index >= 15 is 0 Å². The molecular formula is C41H36BN3S. The number of nitrogens with zero attached hydrogens (tertiary/aromatic N) is 3. The van der Waals surface area contributed by atoms with Gasteiger partial charge in [0.25, 0.3) is 0 Å². The average molecular weight is 614 g/mol. The highest BCUT2D eigenvalue weighted by atomic mass is 32.2. The van der Waals surface area contributed by atoms with Crippen molar-refractivity contribution in [3.8, 4) is 5.69 Å². The maximum absolute atomic E-state index is 2.62. The molecular weight excluding hydrogens is 577 g/mol. The fraction of sp³-hybridized carbons (Fsp3) is 0.171. The Kier molecular flexibility index (Phi) is 6.46. The fourth-order valence-electron chi connectivity index (χ4n) is 8.13. The molecule has 2 aliphatic heterocycles. The second-order valence-corrected chi connectivity index (χ2v) is 14.0. The molecule has 0 atom stereocenters. The number of para-hydroxylation sites is 2. The summed E-state index contributed by atoms with van der Waals surface area (Å²) in [4.78, 5) is 7.44. The topological polar surface area (TPSA) is 11.4 Å². The van der Waals surface area contributed by atoms with Gasteiger partial charge in [0.05, 0.1) is 11.2 Å². The van der Waals surface area contributed by atoms with E-state index in [0.29, 0.717) is 0 Å². The van der Waals surface area contributed by atoms with Crippen LogP contribution >= 0.6 is 11.8 Å². The first-order valence-electron chi connectivity index (χ1n) is 16.5. The minimum atomic E-state index is 0.143. The highest BCUT2D eigenvalue weighted by molar-refractivity contribution is 8.00. The first-order valence-corrected chi connectivity index (χ1v) is 17.3. The number of allylic oxidation sites excluding steroid dienone is 1. The van der Waals surface area contributed by atoms with Gasteiger partial charge in [-0.3, -0.25) is 0 Å². The van der Waals surface area contributed by atoms with E-state index in [4.69, 9.17) is 0 Å². The summed E-state index contributed by atoms with van der Waals surface area (Å²) >= 11 is 1.96. The zero-order valence-corrected chi connectivity index (χ0v) is 27.4. The number of hydrogen-bond acceptors (Lipinski definition) is 3. The highest BCUT2D eigenvalue weighted by Crippen LogP contribution is 2.45. The molecule has 1 aliphatic carbocycles. The lowest BCUT2D eigenvalue weighted by Crippen LogP contribution is -2.60. The summed E-state index contributed by atoms with van der Waals surface area (Å²) in [7, 11) is 4.27. The Morgan fingerprint density at radius 1 is 0.761 bits per heavy atom. The third-order valence-corrected chi connectivity index (χ3v) is 11.3. The second-order valence-electron chi connectivity index (χ2n) is 13.0. The molecule has 46 heavy (non-hydrogen) atoms. The van der Waals surface area contributed by atoms with Gasteiger partial charge in [0.2, 0.25) is 6.71 Å². The number of aromatic nitrogens is 1. The van der Waals surface area contributed by atoms with Gasteiger partial charge in [0, 0.05) is 57.7 Å². The van der Waals surface area contributed by atoms with Crippen LogP contribution in [-0.2, 0) is 12.8 Å². The zero-order chi connectivity index (χ0) is 30.9. The van der Waals surface area contributed by atoms with Gasteiger partial charge >= 0.3 is 0 Å². The van der Waals surface area contributed by atoms with Crippen molar-refractivity contribution in [2.24, 2.45) is 0 Å². The SMILES string of the molecule is C/C=C/c1cc2c3c(c1)N(c1ccccc1)c1cc(N(C)C)ccc1B3c1cccc(-n3c4c(c5ccccc53)CCCC4)c1S2. The summed E-state index contributed by atoms with van der Waals surface area (Å²) in [5.41, 5.74) is 16.1. The van der Waals surface area contributed by atoms with Crippen molar-refractivity contribution < 1.29 is 0 Å². The molecule has 0 bridgehead atoms. The summed E-state index contributed by atoms with van der Waals surface area (Å²) in [6, 6.07) is 38.9. The number of benzene rings is 5. The lowest BCUT2D eigenvalue weighted by molar-refractivity contribution is 0.666. The van der Waals surface area contributed by atoms with Gasteiger partial charge in [-0.15, -0.1) is 0 Å². The smallest absolute Gasteiger partial charge is 0.249 e. The van der Waals surface area contributed by atoms with Gasteiger partial charge in [-0.1, -0.05) is 84.0 Å². The summed E-state index contributed by atoms with van der Waals surface area (Å²) < 4.78 is 2.62. The van der Waals surface area contributed by atoms with Gasteiger partial charge in [-0.2, -0.15) is 0 Å². The fourth-order valence-corrected chi connectivity index (χ4v) is 9.44. The van der Waals surface area contributed by atoms with E-state index in [1.165, 1.54) is 96.0 Å². The molecule has 0 amide bonds. The van der Waals surface area contributed by atoms with Crippen LogP contribution < -0.4 is 26.2 Å². The molecule has 0 unspecified atom stereocenters. The largest absolute Gasteiger partial charge is 0.378 e. The molecule has 1 aromatic heterocycles. The van der Waals surface area contributed by atoms with Crippen molar-refractivity contribution in [2.45, 2.75) is 42.4 Å². The standard InChI is InChI=1S/C41H36BN3S/c1-4-13-27-24-38-40-39(25-27)46-41-33(18-12-21-36(41)45-34-19-10-8-16-30(34)31-17-9-11-20-35(31)45)42(40)32-23-22-29(43(2)3)26-37(32)44(38)28-14-6-5-7-15-28/h4-8,10,12-16,18-19,21-26H,9,11,17,20H2,1-3H3/b13-4+. The maximum atomic E-state index is 2.62. The Balaban J connectivity index is 1.35. The van der Waals surface area contributed by atoms with E-state index < -0.39 is 0 Å². The first-order chi connectivity index (χ1) is 22.6. The molecule has 0 saturated carbocycles. The molecule has 0 spiro atoms. The molecule has 5 aromatic carbocycles. The van der Waals surface area contributed by atoms with Crippen molar-refractivity contribution in [3.05, 3.63) is 126 Å². The number of rotatable bonds is 4. The Hall–Kier alpha value is -4.61. The number of anilines is 4. The summed E-state index contributed by atoms with van der Waals surface area (Å²) in [6.45, 7) is 2.26. The molecule has 3 heterocycles. The van der Waals surface area contributed by atoms with Gasteiger partial charge in [-0.25, -0.2) is 0 Å². The minimum Gasteiger partial charge on any atom is -0.378 e. The van der Waals surface area contributed by atoms with Crippen molar-refractivity contribution in [3.63, 3.8) is 0 Å². The van der Waals surface area contributed by atoms with E-state index in [1.807, 2.05) is 11.8 Å². The van der Waals surface area contributed by atoms with Crippen LogP contribution in [0.1, 0.15) is 36.6 Å². The van der Waals surface area contributed by atoms with Gasteiger partial charge < -0.3 is 14.4 Å². The summed E-state index contributed by atoms with van der Waals surface area (Å²) in [5, 5.41) is 1.42. The molecule has 9 rings (SSSR count). The van der Waals surface area contributed by atoms with Crippen LogP contribution in [-0.4, -0.2) is 25.4 Å². The van der Waals surface area contributed by atoms with Crippen molar-refractivity contribution >= 4 is 74.6 Å². The van der Waals surface area contributed by atoms with Gasteiger partial charge in [0.15, 0.2) is 0 Å². The first kappa shape index (κ1) is 27.7. The third-order valence-electron chi connectivity index (χ3n) is 10.1. The van der Waals surface area contributed by atoms with Crippen LogP contribution in [0.15, 0.2) is 119 Å². The molecule has 6 aromatic rings.